The van der Waals surface area contributed by atoms with Crippen LogP contribution in [0.1, 0.15) is 43.2 Å². The molecule has 0 atom stereocenters. The minimum Gasteiger partial charge on any atom is -0.497 e. The van der Waals surface area contributed by atoms with Crippen LogP contribution in [0.25, 0.3) is 11.6 Å². The third-order valence-electron chi connectivity index (χ3n) is 5.05. The second-order valence-corrected chi connectivity index (χ2v) is 6.84. The number of ketones is 1. The zero-order chi connectivity index (χ0) is 21.4. The van der Waals surface area contributed by atoms with Gasteiger partial charge in [0.05, 0.1) is 23.9 Å². The molecule has 30 heavy (non-hydrogen) atoms. The number of anilines is 1. The van der Waals surface area contributed by atoms with E-state index in [9.17, 15) is 19.5 Å². The van der Waals surface area contributed by atoms with Gasteiger partial charge in [-0.1, -0.05) is 30.3 Å². The van der Waals surface area contributed by atoms with E-state index in [2.05, 4.69) is 10.3 Å². The van der Waals surface area contributed by atoms with Crippen LogP contribution in [0.4, 0.5) is 5.69 Å². The van der Waals surface area contributed by atoms with E-state index in [0.717, 1.165) is 0 Å². The van der Waals surface area contributed by atoms with E-state index in [1.807, 2.05) is 0 Å². The smallest absolute Gasteiger partial charge is 0.352 e. The molecule has 0 bridgehead atoms. The number of aromatic nitrogens is 1. The quantitative estimate of drug-likeness (QED) is 0.445. The van der Waals surface area contributed by atoms with Gasteiger partial charge in [-0.2, -0.15) is 0 Å². The number of carbonyl (C=O) groups excluding carboxylic acids is 2. The Labute approximate surface area is 172 Å². The molecule has 0 saturated heterocycles. The molecule has 1 aliphatic rings. The number of aromatic carboxylic acids is 1. The minimum absolute atomic E-state index is 0.0922. The van der Waals surface area contributed by atoms with Gasteiger partial charge in [0.1, 0.15) is 11.4 Å². The summed E-state index contributed by atoms with van der Waals surface area (Å²) >= 11 is 0. The first-order valence-corrected chi connectivity index (χ1v) is 9.17. The maximum Gasteiger partial charge on any atom is 0.352 e. The number of rotatable bonds is 5. The predicted octanol–water partition coefficient (Wildman–Crippen LogP) is 3.75. The fraction of sp³-hybridized carbons (Fsp3) is 0.0870. The van der Waals surface area contributed by atoms with Crippen molar-refractivity contribution in [1.82, 2.24) is 4.98 Å². The molecule has 7 nitrogen and oxygen atoms in total. The highest BCUT2D eigenvalue weighted by atomic mass is 16.5. The molecular weight excluding hydrogens is 384 g/mol. The van der Waals surface area contributed by atoms with Gasteiger partial charge in [-0.25, -0.2) is 4.79 Å². The first-order chi connectivity index (χ1) is 14.4. The number of nitrogens with one attached hydrogen (secondary N) is 2. The standard InChI is InChI=1S/C23H18N2O5/c1-12-19(21(26)13-6-4-3-5-7-13)18(24-20(12)23(28)29)11-16-15-10-14(30-2)8-9-17(15)25-22(16)27/h3-11,24H,1-2H3,(H,25,27)(H,28,29)/b16-11-. The van der Waals surface area contributed by atoms with Crippen molar-refractivity contribution in [2.75, 3.05) is 12.4 Å². The lowest BCUT2D eigenvalue weighted by molar-refractivity contribution is -0.110. The molecule has 0 fully saturated rings. The highest BCUT2D eigenvalue weighted by Gasteiger charge is 2.28. The third kappa shape index (κ3) is 3.16. The van der Waals surface area contributed by atoms with Crippen LogP contribution < -0.4 is 10.1 Å². The molecule has 0 spiro atoms. The summed E-state index contributed by atoms with van der Waals surface area (Å²) in [6.45, 7) is 1.57. The molecule has 3 N–H and O–H groups in total. The number of amides is 1. The van der Waals surface area contributed by atoms with Crippen LogP contribution in [0.15, 0.2) is 48.5 Å². The molecule has 2 aromatic carbocycles. The number of fused-ring (bicyclic) bond motifs is 1. The predicted molar refractivity (Wildman–Crippen MR) is 112 cm³/mol. The summed E-state index contributed by atoms with van der Waals surface area (Å²) in [7, 11) is 1.53. The molecule has 0 saturated carbocycles. The van der Waals surface area contributed by atoms with Crippen molar-refractivity contribution in [2.45, 2.75) is 6.92 Å². The van der Waals surface area contributed by atoms with Gasteiger partial charge in [0.25, 0.3) is 5.91 Å². The van der Waals surface area contributed by atoms with Crippen LogP contribution in [0.5, 0.6) is 5.75 Å². The number of hydrogen-bond donors (Lipinski definition) is 3. The summed E-state index contributed by atoms with van der Waals surface area (Å²) in [5.74, 6) is -1.28. The van der Waals surface area contributed by atoms with Crippen LogP contribution in [-0.4, -0.2) is 34.9 Å². The summed E-state index contributed by atoms with van der Waals surface area (Å²) in [5.41, 5.74) is 2.66. The molecule has 2 heterocycles. The first-order valence-electron chi connectivity index (χ1n) is 9.17. The summed E-state index contributed by atoms with van der Waals surface area (Å²) in [5, 5.41) is 12.3. The Morgan fingerprint density at radius 3 is 2.50 bits per heavy atom. The van der Waals surface area contributed by atoms with Crippen LogP contribution in [-0.2, 0) is 4.79 Å². The average Bonchev–Trinajstić information content (AvgIpc) is 3.24. The summed E-state index contributed by atoms with van der Waals surface area (Å²) in [4.78, 5) is 40.2. The lowest BCUT2D eigenvalue weighted by atomic mass is 9.97. The van der Waals surface area contributed by atoms with E-state index in [1.54, 1.807) is 55.5 Å². The topological polar surface area (TPSA) is 108 Å². The summed E-state index contributed by atoms with van der Waals surface area (Å²) in [6.07, 6.45) is 1.51. The monoisotopic (exact) mass is 402 g/mol. The maximum atomic E-state index is 13.2. The molecule has 1 amide bonds. The molecule has 0 unspecified atom stereocenters. The molecule has 1 aromatic heterocycles. The lowest BCUT2D eigenvalue weighted by Crippen LogP contribution is -2.06. The van der Waals surface area contributed by atoms with Crippen molar-refractivity contribution in [1.29, 1.82) is 0 Å². The summed E-state index contributed by atoms with van der Waals surface area (Å²) < 4.78 is 5.24. The number of hydrogen-bond acceptors (Lipinski definition) is 4. The Balaban J connectivity index is 1.90. The normalized spacial score (nSPS) is 13.8. The Bertz CT molecular complexity index is 1220. The van der Waals surface area contributed by atoms with Gasteiger partial charge in [-0.05, 0) is 36.8 Å². The van der Waals surface area contributed by atoms with E-state index in [0.29, 0.717) is 33.7 Å². The van der Waals surface area contributed by atoms with Gasteiger partial charge in [0.15, 0.2) is 5.78 Å². The number of aromatic amines is 1. The van der Waals surface area contributed by atoms with E-state index in [1.165, 1.54) is 13.2 Å². The van der Waals surface area contributed by atoms with E-state index in [-0.39, 0.29) is 28.6 Å². The highest BCUT2D eigenvalue weighted by Crippen LogP contribution is 2.36. The second kappa shape index (κ2) is 7.36. The molecule has 0 radical (unpaired) electrons. The van der Waals surface area contributed by atoms with E-state index >= 15 is 0 Å². The van der Waals surface area contributed by atoms with Crippen molar-refractivity contribution >= 4 is 35.0 Å². The average molecular weight is 402 g/mol. The van der Waals surface area contributed by atoms with Gasteiger partial charge < -0.3 is 20.1 Å². The number of carbonyl (C=O) groups is 3. The van der Waals surface area contributed by atoms with Crippen molar-refractivity contribution in [3.63, 3.8) is 0 Å². The molecule has 4 rings (SSSR count). The highest BCUT2D eigenvalue weighted by molar-refractivity contribution is 6.35. The lowest BCUT2D eigenvalue weighted by Gasteiger charge is -2.05. The molecular formula is C23H18N2O5. The Morgan fingerprint density at radius 1 is 1.10 bits per heavy atom. The van der Waals surface area contributed by atoms with Gasteiger partial charge in [-0.15, -0.1) is 0 Å². The van der Waals surface area contributed by atoms with Crippen molar-refractivity contribution < 1.29 is 24.2 Å². The third-order valence-corrected chi connectivity index (χ3v) is 5.05. The molecule has 7 heteroatoms. The van der Waals surface area contributed by atoms with Gasteiger partial charge in [-0.3, -0.25) is 9.59 Å². The molecule has 0 aliphatic carbocycles. The van der Waals surface area contributed by atoms with Crippen LogP contribution >= 0.6 is 0 Å². The number of ether oxygens (including phenoxy) is 1. The van der Waals surface area contributed by atoms with E-state index < -0.39 is 5.97 Å². The zero-order valence-corrected chi connectivity index (χ0v) is 16.3. The Kier molecular flexibility index (Phi) is 4.71. The number of methoxy groups -OCH3 is 1. The zero-order valence-electron chi connectivity index (χ0n) is 16.3. The minimum atomic E-state index is -1.18. The van der Waals surface area contributed by atoms with E-state index in [4.69, 9.17) is 4.74 Å². The fourth-order valence-corrected chi connectivity index (χ4v) is 3.55. The second-order valence-electron chi connectivity index (χ2n) is 6.84. The van der Waals surface area contributed by atoms with Crippen LogP contribution in [0.2, 0.25) is 0 Å². The number of benzene rings is 2. The van der Waals surface area contributed by atoms with Gasteiger partial charge in [0, 0.05) is 16.8 Å². The number of carboxylic acids is 1. The van der Waals surface area contributed by atoms with Crippen LogP contribution in [0.3, 0.4) is 0 Å². The molecule has 1 aliphatic heterocycles. The number of carboxylic acid groups (broad SMARTS) is 1. The molecule has 150 valence electrons. The largest absolute Gasteiger partial charge is 0.497 e. The van der Waals surface area contributed by atoms with Crippen molar-refractivity contribution in [2.24, 2.45) is 0 Å². The fourth-order valence-electron chi connectivity index (χ4n) is 3.55. The van der Waals surface area contributed by atoms with Crippen molar-refractivity contribution in [3.05, 3.63) is 82.2 Å². The Hall–Kier alpha value is -4.13. The van der Waals surface area contributed by atoms with Gasteiger partial charge in [0.2, 0.25) is 0 Å². The van der Waals surface area contributed by atoms with Crippen LogP contribution in [0, 0.1) is 6.92 Å². The number of H-pyrrole nitrogens is 1. The first kappa shape index (κ1) is 19.2. The Morgan fingerprint density at radius 2 is 1.83 bits per heavy atom. The van der Waals surface area contributed by atoms with Gasteiger partial charge >= 0.3 is 5.97 Å². The SMILES string of the molecule is COc1ccc2c(c1)/C(=C/c1[nH]c(C(=O)O)c(C)c1C(=O)c1ccccc1)C(=O)N2. The maximum absolute atomic E-state index is 13.2. The van der Waals surface area contributed by atoms with Crippen molar-refractivity contribution in [3.8, 4) is 5.75 Å². The summed E-state index contributed by atoms with van der Waals surface area (Å²) in [6, 6.07) is 13.8. The molecule has 3 aromatic rings.